The molecule has 0 saturated heterocycles. The van der Waals surface area contributed by atoms with Gasteiger partial charge in [-0.3, -0.25) is 4.79 Å². The number of hydrogen-bond acceptors (Lipinski definition) is 2. The highest BCUT2D eigenvalue weighted by molar-refractivity contribution is 9.10. The maximum absolute atomic E-state index is 11.8. The largest absolute Gasteiger partial charge is 0.351 e. The average molecular weight is 323 g/mol. The highest BCUT2D eigenvalue weighted by atomic mass is 79.9. The van der Waals surface area contributed by atoms with Crippen molar-refractivity contribution < 1.29 is 4.79 Å². The molecule has 1 unspecified atom stereocenters. The lowest BCUT2D eigenvalue weighted by atomic mass is 10.2. The molecule has 1 rings (SSSR count). The minimum Gasteiger partial charge on any atom is -0.351 e. The van der Waals surface area contributed by atoms with Crippen LogP contribution in [0, 0.1) is 0 Å². The molecule has 16 heavy (non-hydrogen) atoms. The Hall–Kier alpha value is -0.190. The fraction of sp³-hybridized carbons (Fsp3) is 0.364. The maximum Gasteiger partial charge on any atom is 0.252 e. The lowest BCUT2D eigenvalue weighted by Crippen LogP contribution is -2.29. The number of thioether (sulfide) groups is 1. The lowest BCUT2D eigenvalue weighted by Gasteiger charge is -2.10. The molecule has 1 atom stereocenters. The van der Waals surface area contributed by atoms with E-state index in [2.05, 4.69) is 28.2 Å². The smallest absolute Gasteiger partial charge is 0.252 e. The van der Waals surface area contributed by atoms with E-state index >= 15 is 0 Å². The molecule has 88 valence electrons. The van der Waals surface area contributed by atoms with Crippen molar-refractivity contribution >= 4 is 45.2 Å². The minimum atomic E-state index is -0.0792. The van der Waals surface area contributed by atoms with Crippen LogP contribution in [0.15, 0.2) is 22.7 Å². The van der Waals surface area contributed by atoms with Crippen molar-refractivity contribution in [2.45, 2.75) is 12.2 Å². The van der Waals surface area contributed by atoms with Gasteiger partial charge in [0.05, 0.1) is 5.56 Å². The monoisotopic (exact) mass is 321 g/mol. The van der Waals surface area contributed by atoms with Crippen LogP contribution < -0.4 is 5.32 Å². The molecule has 1 aromatic carbocycles. The summed E-state index contributed by atoms with van der Waals surface area (Å²) in [6.07, 6.45) is 2.02. The van der Waals surface area contributed by atoms with E-state index in [9.17, 15) is 4.79 Å². The summed E-state index contributed by atoms with van der Waals surface area (Å²) in [5.74, 6) is -0.0792. The number of amides is 1. The van der Waals surface area contributed by atoms with Crippen molar-refractivity contribution in [1.29, 1.82) is 0 Å². The fourth-order valence-electron chi connectivity index (χ4n) is 1.09. The van der Waals surface area contributed by atoms with E-state index in [4.69, 9.17) is 11.6 Å². The van der Waals surface area contributed by atoms with Gasteiger partial charge in [0.25, 0.3) is 5.91 Å². The molecule has 5 heteroatoms. The van der Waals surface area contributed by atoms with Crippen LogP contribution in [0.2, 0.25) is 5.02 Å². The first-order chi connectivity index (χ1) is 7.54. The predicted molar refractivity (Wildman–Crippen MR) is 74.5 cm³/mol. The van der Waals surface area contributed by atoms with Gasteiger partial charge in [-0.25, -0.2) is 0 Å². The zero-order chi connectivity index (χ0) is 12.1. The number of rotatable bonds is 4. The second kappa shape index (κ2) is 6.52. The molecule has 0 saturated carbocycles. The van der Waals surface area contributed by atoms with Crippen LogP contribution in [0.5, 0.6) is 0 Å². The Morgan fingerprint density at radius 2 is 2.31 bits per heavy atom. The highest BCUT2D eigenvalue weighted by Gasteiger charge is 2.10. The zero-order valence-corrected chi connectivity index (χ0v) is 12.2. The van der Waals surface area contributed by atoms with Gasteiger partial charge in [0, 0.05) is 21.3 Å². The summed E-state index contributed by atoms with van der Waals surface area (Å²) in [4.78, 5) is 11.8. The van der Waals surface area contributed by atoms with Gasteiger partial charge in [-0.05, 0) is 40.4 Å². The van der Waals surface area contributed by atoms with Gasteiger partial charge in [-0.2, -0.15) is 11.8 Å². The lowest BCUT2D eigenvalue weighted by molar-refractivity contribution is 0.0953. The van der Waals surface area contributed by atoms with Gasteiger partial charge < -0.3 is 5.32 Å². The first kappa shape index (κ1) is 13.9. The van der Waals surface area contributed by atoms with E-state index in [0.717, 1.165) is 0 Å². The fourth-order valence-corrected chi connectivity index (χ4v) is 2.20. The second-order valence-electron chi connectivity index (χ2n) is 3.38. The first-order valence-corrected chi connectivity index (χ1v) is 7.26. The van der Waals surface area contributed by atoms with E-state index in [1.54, 1.807) is 30.0 Å². The van der Waals surface area contributed by atoms with Gasteiger partial charge in [0.15, 0.2) is 0 Å². The molecule has 0 radical (unpaired) electrons. The zero-order valence-electron chi connectivity index (χ0n) is 9.09. The van der Waals surface area contributed by atoms with Crippen molar-refractivity contribution in [1.82, 2.24) is 5.32 Å². The normalized spacial score (nSPS) is 12.2. The second-order valence-corrected chi connectivity index (χ2v) is 5.95. The van der Waals surface area contributed by atoms with E-state index in [-0.39, 0.29) is 5.91 Å². The summed E-state index contributed by atoms with van der Waals surface area (Å²) in [6, 6.07) is 5.14. The summed E-state index contributed by atoms with van der Waals surface area (Å²) >= 11 is 10.8. The molecule has 0 aromatic heterocycles. The molecule has 1 amide bonds. The van der Waals surface area contributed by atoms with Crippen molar-refractivity contribution in [3.05, 3.63) is 33.3 Å². The molecular weight excluding hydrogens is 310 g/mol. The summed E-state index contributed by atoms with van der Waals surface area (Å²) < 4.78 is 0.717. The maximum atomic E-state index is 11.8. The predicted octanol–water partition coefficient (Wildman–Crippen LogP) is 3.58. The number of carbonyl (C=O) groups excluding carboxylic acids is 1. The molecular formula is C11H13BrClNOS. The van der Waals surface area contributed by atoms with Gasteiger partial charge in [0.2, 0.25) is 0 Å². The number of benzene rings is 1. The number of hydrogen-bond donors (Lipinski definition) is 1. The number of carbonyl (C=O) groups is 1. The summed E-state index contributed by atoms with van der Waals surface area (Å²) in [7, 11) is 0. The Kier molecular flexibility index (Phi) is 5.66. The third-order valence-electron chi connectivity index (χ3n) is 2.13. The molecule has 2 nitrogen and oxygen atoms in total. The molecule has 0 heterocycles. The van der Waals surface area contributed by atoms with Crippen molar-refractivity contribution in [3.63, 3.8) is 0 Å². The summed E-state index contributed by atoms with van der Waals surface area (Å²) in [5, 5.41) is 3.90. The Balaban J connectivity index is 2.66. The van der Waals surface area contributed by atoms with Gasteiger partial charge in [-0.15, -0.1) is 0 Å². The van der Waals surface area contributed by atoms with Gasteiger partial charge in [0.1, 0.15) is 0 Å². The average Bonchev–Trinajstić information content (AvgIpc) is 2.25. The molecule has 1 N–H and O–H groups in total. The number of nitrogens with one attached hydrogen (secondary N) is 1. The molecule has 0 aliphatic heterocycles. The minimum absolute atomic E-state index is 0.0792. The van der Waals surface area contributed by atoms with E-state index in [1.807, 2.05) is 6.26 Å². The van der Waals surface area contributed by atoms with E-state index < -0.39 is 0 Å². The quantitative estimate of drug-likeness (QED) is 0.918. The van der Waals surface area contributed by atoms with Crippen LogP contribution in [0.3, 0.4) is 0 Å². The first-order valence-electron chi connectivity index (χ1n) is 4.80. The Morgan fingerprint density at radius 3 is 2.88 bits per heavy atom. The summed E-state index contributed by atoms with van der Waals surface area (Å²) in [5.41, 5.74) is 0.609. The van der Waals surface area contributed by atoms with Crippen LogP contribution in [-0.4, -0.2) is 24.0 Å². The van der Waals surface area contributed by atoms with Crippen LogP contribution >= 0.6 is 39.3 Å². The van der Waals surface area contributed by atoms with Crippen molar-refractivity contribution in [3.8, 4) is 0 Å². The van der Waals surface area contributed by atoms with Crippen LogP contribution in [-0.2, 0) is 0 Å². The van der Waals surface area contributed by atoms with Gasteiger partial charge in [-0.1, -0.05) is 18.5 Å². The molecule has 0 aliphatic rings. The van der Waals surface area contributed by atoms with Crippen molar-refractivity contribution in [2.24, 2.45) is 0 Å². The molecule has 0 aliphatic carbocycles. The molecule has 0 spiro atoms. The Bertz CT molecular complexity index is 386. The van der Waals surface area contributed by atoms with E-state index in [0.29, 0.717) is 26.9 Å². The number of halogens is 2. The molecule has 1 aromatic rings. The summed E-state index contributed by atoms with van der Waals surface area (Å²) in [6.45, 7) is 2.73. The standard InChI is InChI=1S/C11H13BrClNOS/c1-7(16-2)6-14-11(15)9-4-3-8(13)5-10(9)12/h3-5,7H,6H2,1-2H3,(H,14,15). The SMILES string of the molecule is CSC(C)CNC(=O)c1ccc(Cl)cc1Br. The van der Waals surface area contributed by atoms with E-state index in [1.165, 1.54) is 0 Å². The molecule has 0 bridgehead atoms. The van der Waals surface area contributed by atoms with Crippen molar-refractivity contribution in [2.75, 3.05) is 12.8 Å². The molecule has 0 fully saturated rings. The third-order valence-corrected chi connectivity index (χ3v) is 3.99. The Morgan fingerprint density at radius 1 is 1.62 bits per heavy atom. The van der Waals surface area contributed by atoms with Crippen LogP contribution in [0.25, 0.3) is 0 Å². The van der Waals surface area contributed by atoms with Crippen LogP contribution in [0.4, 0.5) is 0 Å². The van der Waals surface area contributed by atoms with Crippen LogP contribution in [0.1, 0.15) is 17.3 Å². The van der Waals surface area contributed by atoms with Gasteiger partial charge >= 0.3 is 0 Å². The Labute approximate surface area is 113 Å². The highest BCUT2D eigenvalue weighted by Crippen LogP contribution is 2.21. The topological polar surface area (TPSA) is 29.1 Å². The third kappa shape index (κ3) is 4.00.